The molecule has 0 aromatic heterocycles. The Morgan fingerprint density at radius 1 is 1.67 bits per heavy atom. The molecule has 0 atom stereocenters. The van der Waals surface area contributed by atoms with Gasteiger partial charge < -0.3 is 5.11 Å². The van der Waals surface area contributed by atoms with Crippen molar-refractivity contribution in [3.8, 4) is 12.3 Å². The first-order valence-corrected chi connectivity index (χ1v) is 2.84. The summed E-state index contributed by atoms with van der Waals surface area (Å²) < 4.78 is 0. The van der Waals surface area contributed by atoms with Gasteiger partial charge in [-0.25, -0.2) is 0 Å². The third-order valence-corrected chi connectivity index (χ3v) is 0.797. The molecule has 0 aromatic carbocycles. The molecule has 0 bridgehead atoms. The van der Waals surface area contributed by atoms with Crippen LogP contribution in [0.2, 0.25) is 0 Å². The van der Waals surface area contributed by atoms with E-state index in [0.717, 1.165) is 5.57 Å². The zero-order valence-electron chi connectivity index (χ0n) is 6.10. The third-order valence-electron chi connectivity index (χ3n) is 0.797. The Balaban J connectivity index is 4.17. The van der Waals surface area contributed by atoms with E-state index in [0.29, 0.717) is 0 Å². The highest BCUT2D eigenvalue weighted by Crippen LogP contribution is 2.05. The van der Waals surface area contributed by atoms with Crippen molar-refractivity contribution in [2.24, 2.45) is 0 Å². The maximum Gasteiger partial charge on any atom is 0.0783 e. The van der Waals surface area contributed by atoms with Gasteiger partial charge in [0.15, 0.2) is 0 Å². The van der Waals surface area contributed by atoms with Gasteiger partial charge in [-0.15, -0.1) is 6.42 Å². The van der Waals surface area contributed by atoms with Crippen LogP contribution in [0, 0.1) is 12.3 Å². The van der Waals surface area contributed by atoms with E-state index >= 15 is 0 Å². The molecule has 0 rings (SSSR count). The standard InChI is InChI=1S/C8H12O/c1-5-7(2)6-8(3,4)9/h1,6,9H,2-4H3. The molecular weight excluding hydrogens is 112 g/mol. The average molecular weight is 124 g/mol. The Morgan fingerprint density at radius 3 is 2.22 bits per heavy atom. The van der Waals surface area contributed by atoms with Crippen molar-refractivity contribution in [2.45, 2.75) is 26.4 Å². The fourth-order valence-electron chi connectivity index (χ4n) is 0.572. The molecule has 0 fully saturated rings. The van der Waals surface area contributed by atoms with Crippen molar-refractivity contribution in [3.63, 3.8) is 0 Å². The molecule has 0 saturated carbocycles. The summed E-state index contributed by atoms with van der Waals surface area (Å²) >= 11 is 0. The van der Waals surface area contributed by atoms with Gasteiger partial charge in [-0.2, -0.15) is 0 Å². The summed E-state index contributed by atoms with van der Waals surface area (Å²) in [4.78, 5) is 0. The highest BCUT2D eigenvalue weighted by Gasteiger charge is 2.06. The van der Waals surface area contributed by atoms with Crippen molar-refractivity contribution in [1.29, 1.82) is 0 Å². The summed E-state index contributed by atoms with van der Waals surface area (Å²) in [5.74, 6) is 2.42. The van der Waals surface area contributed by atoms with Crippen molar-refractivity contribution in [1.82, 2.24) is 0 Å². The first-order chi connectivity index (χ1) is 3.95. The lowest BCUT2D eigenvalue weighted by Crippen LogP contribution is -2.14. The molecule has 0 aliphatic heterocycles. The van der Waals surface area contributed by atoms with Crippen LogP contribution in [0.3, 0.4) is 0 Å². The molecule has 0 heterocycles. The topological polar surface area (TPSA) is 20.2 Å². The minimum atomic E-state index is -0.781. The van der Waals surface area contributed by atoms with Crippen LogP contribution in [0.1, 0.15) is 20.8 Å². The normalized spacial score (nSPS) is 13.0. The van der Waals surface area contributed by atoms with Crippen LogP contribution in [-0.4, -0.2) is 10.7 Å². The van der Waals surface area contributed by atoms with Crippen LogP contribution >= 0.6 is 0 Å². The second kappa shape index (κ2) is 2.70. The van der Waals surface area contributed by atoms with Gasteiger partial charge in [0.05, 0.1) is 5.60 Å². The molecule has 1 heteroatoms. The quantitative estimate of drug-likeness (QED) is 0.523. The highest BCUT2D eigenvalue weighted by atomic mass is 16.3. The Bertz CT molecular complexity index is 152. The van der Waals surface area contributed by atoms with E-state index in [1.165, 1.54) is 0 Å². The fourth-order valence-corrected chi connectivity index (χ4v) is 0.572. The van der Waals surface area contributed by atoms with Gasteiger partial charge in [-0.3, -0.25) is 0 Å². The number of rotatable bonds is 1. The molecule has 1 nitrogen and oxygen atoms in total. The van der Waals surface area contributed by atoms with E-state index in [9.17, 15) is 0 Å². The predicted octanol–water partition coefficient (Wildman–Crippen LogP) is 1.34. The number of aliphatic hydroxyl groups is 1. The second-order valence-electron chi connectivity index (χ2n) is 2.63. The van der Waals surface area contributed by atoms with Gasteiger partial charge in [-0.1, -0.05) is 5.92 Å². The monoisotopic (exact) mass is 124 g/mol. The van der Waals surface area contributed by atoms with Gasteiger partial charge in [0.1, 0.15) is 0 Å². The molecule has 0 amide bonds. The van der Waals surface area contributed by atoms with E-state index in [1.807, 2.05) is 0 Å². The first kappa shape index (κ1) is 8.26. The lowest BCUT2D eigenvalue weighted by molar-refractivity contribution is 0.132. The van der Waals surface area contributed by atoms with Gasteiger partial charge in [-0.05, 0) is 32.4 Å². The number of allylic oxidation sites excluding steroid dienone is 1. The minimum absolute atomic E-state index is 0.766. The molecule has 0 spiro atoms. The second-order valence-corrected chi connectivity index (χ2v) is 2.63. The van der Waals surface area contributed by atoms with Gasteiger partial charge in [0, 0.05) is 0 Å². The highest BCUT2D eigenvalue weighted by molar-refractivity contribution is 5.24. The number of hydrogen-bond donors (Lipinski definition) is 1. The summed E-state index contributed by atoms with van der Waals surface area (Å²) in [5.41, 5.74) is -0.0151. The lowest BCUT2D eigenvalue weighted by Gasteiger charge is -2.10. The molecule has 0 radical (unpaired) electrons. The van der Waals surface area contributed by atoms with Crippen LogP contribution in [0.4, 0.5) is 0 Å². The Labute approximate surface area is 56.4 Å². The van der Waals surface area contributed by atoms with Crippen molar-refractivity contribution >= 4 is 0 Å². The Morgan fingerprint density at radius 2 is 2.11 bits per heavy atom. The van der Waals surface area contributed by atoms with Crippen molar-refractivity contribution in [2.75, 3.05) is 0 Å². The molecule has 1 N–H and O–H groups in total. The average Bonchev–Trinajstić information content (AvgIpc) is 1.62. The lowest BCUT2D eigenvalue weighted by atomic mass is 10.1. The molecule has 9 heavy (non-hydrogen) atoms. The van der Waals surface area contributed by atoms with E-state index in [2.05, 4.69) is 5.92 Å². The van der Waals surface area contributed by atoms with E-state index in [4.69, 9.17) is 11.5 Å². The summed E-state index contributed by atoms with van der Waals surface area (Å²) in [6.07, 6.45) is 6.70. The van der Waals surface area contributed by atoms with E-state index in [-0.39, 0.29) is 0 Å². The molecule has 0 unspecified atom stereocenters. The molecule has 0 aromatic rings. The molecular formula is C8H12O. The van der Waals surface area contributed by atoms with E-state index < -0.39 is 5.60 Å². The van der Waals surface area contributed by atoms with Crippen LogP contribution in [-0.2, 0) is 0 Å². The van der Waals surface area contributed by atoms with Gasteiger partial charge in [0.2, 0.25) is 0 Å². The summed E-state index contributed by atoms with van der Waals surface area (Å²) in [6, 6.07) is 0. The molecule has 50 valence electrons. The molecule has 0 saturated heterocycles. The zero-order valence-corrected chi connectivity index (χ0v) is 6.10. The van der Waals surface area contributed by atoms with Crippen LogP contribution in [0.5, 0.6) is 0 Å². The maximum absolute atomic E-state index is 9.15. The molecule has 0 aliphatic carbocycles. The summed E-state index contributed by atoms with van der Waals surface area (Å²) in [5, 5.41) is 9.15. The van der Waals surface area contributed by atoms with E-state index in [1.54, 1.807) is 26.8 Å². The smallest absolute Gasteiger partial charge is 0.0783 e. The first-order valence-electron chi connectivity index (χ1n) is 2.84. The largest absolute Gasteiger partial charge is 0.386 e. The predicted molar refractivity (Wildman–Crippen MR) is 38.9 cm³/mol. The van der Waals surface area contributed by atoms with Gasteiger partial charge >= 0.3 is 0 Å². The minimum Gasteiger partial charge on any atom is -0.386 e. The molecule has 0 aliphatic rings. The van der Waals surface area contributed by atoms with Crippen LogP contribution < -0.4 is 0 Å². The fraction of sp³-hybridized carbons (Fsp3) is 0.500. The number of hydrogen-bond acceptors (Lipinski definition) is 1. The van der Waals surface area contributed by atoms with Gasteiger partial charge in [0.25, 0.3) is 0 Å². The number of terminal acetylenes is 1. The Hall–Kier alpha value is -0.740. The summed E-state index contributed by atoms with van der Waals surface area (Å²) in [6.45, 7) is 5.17. The maximum atomic E-state index is 9.15. The van der Waals surface area contributed by atoms with Crippen LogP contribution in [0.25, 0.3) is 0 Å². The Kier molecular flexibility index (Phi) is 2.48. The van der Waals surface area contributed by atoms with Crippen LogP contribution in [0.15, 0.2) is 11.6 Å². The van der Waals surface area contributed by atoms with Crippen molar-refractivity contribution in [3.05, 3.63) is 11.6 Å². The van der Waals surface area contributed by atoms with Crippen molar-refractivity contribution < 1.29 is 5.11 Å². The summed E-state index contributed by atoms with van der Waals surface area (Å²) in [7, 11) is 0. The third kappa shape index (κ3) is 5.13. The SMILES string of the molecule is C#CC(C)=CC(C)(C)O. The zero-order chi connectivity index (χ0) is 7.49.